The topological polar surface area (TPSA) is 0 Å². The monoisotopic (exact) mass is 92.0 g/mol. The molecule has 0 rings (SSSR count). The van der Waals surface area contributed by atoms with Crippen LogP contribution in [-0.4, -0.2) is 13.4 Å². The average molecular weight is 91.8 g/mol. The van der Waals surface area contributed by atoms with Crippen molar-refractivity contribution in [2.75, 3.05) is 6.66 Å². The minimum absolute atomic E-state index is 1.10. The number of hydrogen-bond acceptors (Lipinski definition) is 0. The van der Waals surface area contributed by atoms with Crippen LogP contribution in [-0.2, 0) is 0 Å². The van der Waals surface area contributed by atoms with Gasteiger partial charge in [0.15, 0.2) is 6.72 Å². The summed E-state index contributed by atoms with van der Waals surface area (Å²) >= 11 is 0. The molecule has 0 radical (unpaired) electrons. The first kappa shape index (κ1) is 4.92. The molecule has 0 fully saturated rings. The molecular formula is CH7BP2. The maximum absolute atomic E-state index is 2.67. The van der Waals surface area contributed by atoms with Gasteiger partial charge in [-0.2, -0.15) is 17.6 Å². The second-order valence-corrected chi connectivity index (χ2v) is 2.90. The Morgan fingerprint density at radius 3 is 2.25 bits per heavy atom. The molecule has 0 aromatic heterocycles. The average Bonchev–Trinajstić information content (AvgIpc) is 1.37. The van der Waals surface area contributed by atoms with Crippen LogP contribution in [0.5, 0.6) is 0 Å². The predicted octanol–water partition coefficient (Wildman–Crippen LogP) is 0.436. The molecule has 0 aliphatic carbocycles. The third kappa shape index (κ3) is 2.92. The maximum Gasteiger partial charge on any atom is 0.171 e. The van der Waals surface area contributed by atoms with E-state index >= 15 is 0 Å². The highest BCUT2D eigenvalue weighted by Gasteiger charge is 1.60. The smallest absolute Gasteiger partial charge is 0.170 e. The molecular weight excluding hydrogens is 84.8 g/mol. The largest absolute Gasteiger partial charge is 0.171 e. The van der Waals surface area contributed by atoms with Crippen molar-refractivity contribution in [3.63, 3.8) is 0 Å². The van der Waals surface area contributed by atoms with Crippen LogP contribution in [0.1, 0.15) is 0 Å². The van der Waals surface area contributed by atoms with Gasteiger partial charge in [-0.1, -0.05) is 6.66 Å². The fourth-order valence-corrected chi connectivity index (χ4v) is 0. The summed E-state index contributed by atoms with van der Waals surface area (Å²) in [5.74, 6) is 0. The van der Waals surface area contributed by atoms with Crippen molar-refractivity contribution in [2.45, 2.75) is 0 Å². The van der Waals surface area contributed by atoms with Gasteiger partial charge in [-0.3, -0.25) is 0 Å². The van der Waals surface area contributed by atoms with E-state index in [0.717, 1.165) is 8.46 Å². The third-order valence-electron chi connectivity index (χ3n) is 0.204. The Kier molecular flexibility index (Phi) is 4.83. The van der Waals surface area contributed by atoms with Gasteiger partial charge < -0.3 is 0 Å². The first-order valence-corrected chi connectivity index (χ1v) is 3.79. The summed E-state index contributed by atoms with van der Waals surface area (Å²) in [5.41, 5.74) is 0. The lowest BCUT2D eigenvalue weighted by Gasteiger charge is -1.65. The van der Waals surface area contributed by atoms with E-state index in [0.29, 0.717) is 0 Å². The van der Waals surface area contributed by atoms with Gasteiger partial charge in [0.05, 0.1) is 0 Å². The molecule has 0 amide bonds. The van der Waals surface area contributed by atoms with Crippen molar-refractivity contribution in [2.24, 2.45) is 0 Å². The molecule has 0 bridgehead atoms. The van der Waals surface area contributed by atoms with Gasteiger partial charge in [0.2, 0.25) is 0 Å². The first-order valence-electron chi connectivity index (χ1n) is 1.26. The highest BCUT2D eigenvalue weighted by molar-refractivity contribution is 7.94. The molecule has 0 N–H and O–H groups in total. The van der Waals surface area contributed by atoms with Crippen LogP contribution in [0, 0.1) is 0 Å². The number of rotatable bonds is 1. The van der Waals surface area contributed by atoms with Gasteiger partial charge in [-0.05, 0) is 0 Å². The van der Waals surface area contributed by atoms with Crippen molar-refractivity contribution in [1.82, 2.24) is 0 Å². The normalized spacial score (nSPS) is 9.50. The Labute approximate surface area is 31.9 Å². The Morgan fingerprint density at radius 2 is 2.25 bits per heavy atom. The maximum atomic E-state index is 2.67. The molecule has 0 spiro atoms. The van der Waals surface area contributed by atoms with E-state index in [2.05, 4.69) is 15.8 Å². The van der Waals surface area contributed by atoms with Gasteiger partial charge >= 0.3 is 0 Å². The minimum Gasteiger partial charge on any atom is -0.170 e. The van der Waals surface area contributed by atoms with Crippen molar-refractivity contribution in [1.29, 1.82) is 0 Å². The summed E-state index contributed by atoms with van der Waals surface area (Å²) in [7, 11) is 3.77. The zero-order valence-electron chi connectivity index (χ0n) is 2.78. The Hall–Kier alpha value is 0.925. The van der Waals surface area contributed by atoms with Gasteiger partial charge in [0, 0.05) is 0 Å². The summed E-state index contributed by atoms with van der Waals surface area (Å²) in [6, 6.07) is 0. The SMILES string of the molecule is CPBP. The lowest BCUT2D eigenvalue weighted by molar-refractivity contribution is 2.51. The van der Waals surface area contributed by atoms with Crippen LogP contribution < -0.4 is 0 Å². The fraction of sp³-hybridized carbons (Fsp3) is 1.00. The third-order valence-corrected chi connectivity index (χ3v) is 1.84. The summed E-state index contributed by atoms with van der Waals surface area (Å²) in [6.45, 7) is 3.45. The predicted molar refractivity (Wildman–Crippen MR) is 31.1 cm³/mol. The van der Waals surface area contributed by atoms with Crippen LogP contribution >= 0.6 is 17.6 Å². The molecule has 0 aliphatic heterocycles. The molecule has 24 valence electrons. The van der Waals surface area contributed by atoms with E-state index in [1.54, 1.807) is 0 Å². The molecule has 0 saturated carbocycles. The summed E-state index contributed by atoms with van der Waals surface area (Å²) < 4.78 is 0. The molecule has 2 unspecified atom stereocenters. The van der Waals surface area contributed by atoms with E-state index in [4.69, 9.17) is 0 Å². The molecule has 4 heavy (non-hydrogen) atoms. The molecule has 2 atom stereocenters. The Morgan fingerprint density at radius 1 is 2.00 bits per heavy atom. The van der Waals surface area contributed by atoms with E-state index in [1.807, 2.05) is 0 Å². The lowest BCUT2D eigenvalue weighted by atomic mass is 10.7. The van der Waals surface area contributed by atoms with Crippen LogP contribution in [0.2, 0.25) is 0 Å². The van der Waals surface area contributed by atoms with E-state index in [-0.39, 0.29) is 0 Å². The minimum atomic E-state index is 1.10. The fourth-order valence-electron chi connectivity index (χ4n) is 0. The second kappa shape index (κ2) is 3.92. The zero-order chi connectivity index (χ0) is 3.41. The van der Waals surface area contributed by atoms with E-state index < -0.39 is 0 Å². The standard InChI is InChI=1S/CH7BP2/c1-4-2-3/h2,4H,3H2,1H3. The van der Waals surface area contributed by atoms with Crippen LogP contribution in [0.4, 0.5) is 0 Å². The quantitative estimate of drug-likeness (QED) is 0.325. The molecule has 0 aliphatic rings. The highest BCUT2D eigenvalue weighted by atomic mass is 31.1. The first-order chi connectivity index (χ1) is 1.91. The van der Waals surface area contributed by atoms with Crippen LogP contribution in [0.3, 0.4) is 0 Å². The Balaban J connectivity index is 1.97. The summed E-state index contributed by atoms with van der Waals surface area (Å²) in [6.07, 6.45) is 0. The Bertz CT molecular complexity index is 8.00. The van der Waals surface area contributed by atoms with Gasteiger partial charge in [0.25, 0.3) is 0 Å². The van der Waals surface area contributed by atoms with E-state index in [9.17, 15) is 0 Å². The highest BCUT2D eigenvalue weighted by Crippen LogP contribution is 1.99. The molecule has 0 nitrogen and oxygen atoms in total. The van der Waals surface area contributed by atoms with Crippen molar-refractivity contribution < 1.29 is 0 Å². The van der Waals surface area contributed by atoms with Crippen molar-refractivity contribution in [3.05, 3.63) is 0 Å². The van der Waals surface area contributed by atoms with Crippen LogP contribution in [0.15, 0.2) is 0 Å². The zero-order valence-corrected chi connectivity index (χ0v) is 4.94. The molecule has 0 aromatic carbocycles. The lowest BCUT2D eigenvalue weighted by Crippen LogP contribution is -1.46. The van der Waals surface area contributed by atoms with Gasteiger partial charge in [-0.15, -0.1) is 0 Å². The van der Waals surface area contributed by atoms with E-state index in [1.165, 1.54) is 6.72 Å². The van der Waals surface area contributed by atoms with Crippen molar-refractivity contribution in [3.8, 4) is 0 Å². The van der Waals surface area contributed by atoms with Gasteiger partial charge in [-0.25, -0.2) is 0 Å². The summed E-state index contributed by atoms with van der Waals surface area (Å²) in [4.78, 5) is 0. The number of hydrogen-bond donors (Lipinski definition) is 0. The van der Waals surface area contributed by atoms with Crippen molar-refractivity contribution >= 4 is 24.3 Å². The molecule has 0 aromatic rings. The molecule has 0 saturated heterocycles. The second-order valence-electron chi connectivity index (χ2n) is 0.558. The molecule has 3 heteroatoms. The van der Waals surface area contributed by atoms with Crippen LogP contribution in [0.25, 0.3) is 0 Å². The molecule has 0 heterocycles. The van der Waals surface area contributed by atoms with Gasteiger partial charge in [0.1, 0.15) is 0 Å². The summed E-state index contributed by atoms with van der Waals surface area (Å²) in [5, 5.41) is 0.